The van der Waals surface area contributed by atoms with Gasteiger partial charge in [-0.05, 0) is 41.9 Å². The minimum Gasteiger partial charge on any atom is -0.480 e. The summed E-state index contributed by atoms with van der Waals surface area (Å²) in [5.74, 6) is -3.47. The average molecular weight is 568 g/mol. The summed E-state index contributed by atoms with van der Waals surface area (Å²) < 4.78 is 26.5. The number of carbonyl (C=O) groups excluding carboxylic acids is 3. The first kappa shape index (κ1) is 34.7. The quantitative estimate of drug-likeness (QED) is 0.182. The number of hydrogen-bond acceptors (Lipinski definition) is 10. The summed E-state index contributed by atoms with van der Waals surface area (Å²) in [5, 5.41) is 9.75. The molecule has 0 aliphatic heterocycles. The Labute approximate surface area is 236 Å². The zero-order valence-electron chi connectivity index (χ0n) is 25.1. The summed E-state index contributed by atoms with van der Waals surface area (Å²) >= 11 is 0. The summed E-state index contributed by atoms with van der Waals surface area (Å²) in [6.45, 7) is 16.6. The maximum Gasteiger partial charge on any atom is 0.513 e. The van der Waals surface area contributed by atoms with Crippen LogP contribution < -0.4 is 15.2 Å². The van der Waals surface area contributed by atoms with Gasteiger partial charge >= 0.3 is 24.2 Å². The molecule has 1 aromatic rings. The maximum atomic E-state index is 12.5. The van der Waals surface area contributed by atoms with Gasteiger partial charge in [0.25, 0.3) is 0 Å². The molecule has 40 heavy (non-hydrogen) atoms. The molecule has 0 heterocycles. The second kappa shape index (κ2) is 14.9. The van der Waals surface area contributed by atoms with E-state index in [1.54, 1.807) is 13.8 Å². The zero-order chi connectivity index (χ0) is 30.8. The number of carbonyl (C=O) groups is 4. The number of aliphatic carboxylic acids is 1. The molecule has 0 aliphatic carbocycles. The Morgan fingerprint density at radius 1 is 0.875 bits per heavy atom. The molecule has 0 spiro atoms. The Morgan fingerprint density at radius 3 is 1.82 bits per heavy atom. The first-order valence-corrected chi connectivity index (χ1v) is 13.4. The first-order chi connectivity index (χ1) is 18.3. The number of rotatable bonds is 12. The van der Waals surface area contributed by atoms with Crippen LogP contribution in [0.1, 0.15) is 86.6 Å². The Hall–Kier alpha value is -3.34. The number of carboxylic acids is 1. The monoisotopic (exact) mass is 567 g/mol. The smallest absolute Gasteiger partial charge is 0.480 e. The van der Waals surface area contributed by atoms with Crippen LogP contribution in [0.2, 0.25) is 0 Å². The first-order valence-electron chi connectivity index (χ1n) is 13.4. The van der Waals surface area contributed by atoms with Gasteiger partial charge in [-0.15, -0.1) is 0 Å². The lowest BCUT2D eigenvalue weighted by Gasteiger charge is -2.32. The van der Waals surface area contributed by atoms with Crippen molar-refractivity contribution in [1.29, 1.82) is 0 Å². The summed E-state index contributed by atoms with van der Waals surface area (Å²) in [7, 11) is 0. The average Bonchev–Trinajstić information content (AvgIpc) is 2.82. The molecule has 0 fully saturated rings. The highest BCUT2D eigenvalue weighted by atomic mass is 16.7. The highest BCUT2D eigenvalue weighted by Gasteiger charge is 2.36. The molecule has 0 saturated heterocycles. The fraction of sp³-hybridized carbons (Fsp3) is 0.655. The zero-order valence-corrected chi connectivity index (χ0v) is 25.1. The van der Waals surface area contributed by atoms with Gasteiger partial charge in [-0.3, -0.25) is 9.59 Å². The van der Waals surface area contributed by atoms with Crippen LogP contribution in [0.15, 0.2) is 18.2 Å². The van der Waals surface area contributed by atoms with Gasteiger partial charge in [0.15, 0.2) is 11.5 Å². The van der Waals surface area contributed by atoms with Gasteiger partial charge in [-0.1, -0.05) is 61.5 Å². The lowest BCUT2D eigenvalue weighted by atomic mass is 9.79. The fourth-order valence-electron chi connectivity index (χ4n) is 3.55. The highest BCUT2D eigenvalue weighted by Crippen LogP contribution is 2.37. The van der Waals surface area contributed by atoms with E-state index in [-0.39, 0.29) is 42.0 Å². The van der Waals surface area contributed by atoms with E-state index < -0.39 is 48.2 Å². The van der Waals surface area contributed by atoms with Crippen molar-refractivity contribution in [2.24, 2.45) is 22.5 Å². The summed E-state index contributed by atoms with van der Waals surface area (Å²) in [6.07, 6.45) is -1.92. The number of benzene rings is 1. The molecule has 226 valence electrons. The Balaban J connectivity index is 3.43. The highest BCUT2D eigenvalue weighted by molar-refractivity contribution is 5.75. The van der Waals surface area contributed by atoms with Crippen LogP contribution in [0.5, 0.6) is 11.5 Å². The third-order valence-corrected chi connectivity index (χ3v) is 5.74. The molecular weight excluding hydrogens is 522 g/mol. The second-order valence-corrected chi connectivity index (χ2v) is 12.3. The van der Waals surface area contributed by atoms with E-state index in [1.165, 1.54) is 18.2 Å². The number of carboxylic acid groups (broad SMARTS) is 1. The molecular formula is C29H45NO10. The van der Waals surface area contributed by atoms with E-state index in [2.05, 4.69) is 0 Å². The van der Waals surface area contributed by atoms with Gasteiger partial charge in [0.2, 0.25) is 0 Å². The summed E-state index contributed by atoms with van der Waals surface area (Å²) in [4.78, 5) is 48.9. The van der Waals surface area contributed by atoms with Crippen LogP contribution in [0.3, 0.4) is 0 Å². The van der Waals surface area contributed by atoms with E-state index in [4.69, 9.17) is 29.4 Å². The van der Waals surface area contributed by atoms with Gasteiger partial charge in [0, 0.05) is 18.3 Å². The summed E-state index contributed by atoms with van der Waals surface area (Å²) in [5.41, 5.74) is 5.80. The predicted molar refractivity (Wildman–Crippen MR) is 147 cm³/mol. The molecule has 0 amide bonds. The van der Waals surface area contributed by atoms with Crippen LogP contribution in [0.25, 0.3) is 0 Å². The Morgan fingerprint density at radius 2 is 1.38 bits per heavy atom. The van der Waals surface area contributed by atoms with Gasteiger partial charge < -0.3 is 34.5 Å². The van der Waals surface area contributed by atoms with Crippen molar-refractivity contribution < 1.29 is 48.0 Å². The van der Waals surface area contributed by atoms with Gasteiger partial charge in [0.1, 0.15) is 12.1 Å². The minimum absolute atomic E-state index is 0.0551. The number of esters is 1. The van der Waals surface area contributed by atoms with E-state index in [0.717, 1.165) is 0 Å². The second-order valence-electron chi connectivity index (χ2n) is 12.3. The molecule has 11 nitrogen and oxygen atoms in total. The number of ether oxygens (including phenoxy) is 5. The molecule has 1 aromatic carbocycles. The molecule has 11 heteroatoms. The summed E-state index contributed by atoms with van der Waals surface area (Å²) in [6, 6.07) is 2.81. The Kier molecular flexibility index (Phi) is 12.9. The van der Waals surface area contributed by atoms with Crippen molar-refractivity contribution in [3.63, 3.8) is 0 Å². The van der Waals surface area contributed by atoms with Gasteiger partial charge in [0.05, 0.1) is 13.2 Å². The third-order valence-electron chi connectivity index (χ3n) is 5.74. The van der Waals surface area contributed by atoms with Crippen molar-refractivity contribution in [3.8, 4) is 11.5 Å². The molecule has 0 aliphatic rings. The lowest BCUT2D eigenvalue weighted by molar-refractivity contribution is -0.151. The van der Waals surface area contributed by atoms with Gasteiger partial charge in [-0.25, -0.2) is 9.59 Å². The molecule has 0 aromatic heterocycles. The van der Waals surface area contributed by atoms with E-state index >= 15 is 0 Å². The van der Waals surface area contributed by atoms with Crippen LogP contribution in [0, 0.1) is 16.7 Å². The SMILES string of the molecule is CCCC(=O)OC(C)C(C)C(c1ccc(OC(=O)OCC(C)(C)C)c(OC(=O)OCC(C)(C)C)c1)[C@H](N)C(=O)O. The van der Waals surface area contributed by atoms with E-state index in [9.17, 15) is 24.3 Å². The lowest BCUT2D eigenvalue weighted by Crippen LogP contribution is -2.42. The van der Waals surface area contributed by atoms with Crippen molar-refractivity contribution in [3.05, 3.63) is 23.8 Å². The van der Waals surface area contributed by atoms with Crippen molar-refractivity contribution in [2.45, 2.75) is 93.2 Å². The molecule has 3 N–H and O–H groups in total. The molecule has 0 bridgehead atoms. The van der Waals surface area contributed by atoms with Gasteiger partial charge in [-0.2, -0.15) is 0 Å². The van der Waals surface area contributed by atoms with Crippen LogP contribution in [-0.2, 0) is 23.8 Å². The van der Waals surface area contributed by atoms with Crippen LogP contribution in [0.4, 0.5) is 9.59 Å². The predicted octanol–water partition coefficient (Wildman–Crippen LogP) is 5.67. The fourth-order valence-corrected chi connectivity index (χ4v) is 3.55. The molecule has 3 unspecified atom stereocenters. The van der Waals surface area contributed by atoms with Crippen LogP contribution >= 0.6 is 0 Å². The number of hydrogen-bond donors (Lipinski definition) is 2. The topological polar surface area (TPSA) is 161 Å². The normalized spacial score (nSPS) is 14.8. The Bertz CT molecular complexity index is 1020. The van der Waals surface area contributed by atoms with Crippen molar-refractivity contribution >= 4 is 24.2 Å². The molecule has 0 radical (unpaired) electrons. The number of nitrogens with two attached hydrogens (primary N) is 1. The largest absolute Gasteiger partial charge is 0.513 e. The third kappa shape index (κ3) is 12.2. The molecule has 4 atom stereocenters. The van der Waals surface area contributed by atoms with Crippen molar-refractivity contribution in [1.82, 2.24) is 0 Å². The molecule has 0 saturated carbocycles. The van der Waals surface area contributed by atoms with E-state index in [1.807, 2.05) is 48.5 Å². The standard InChI is InChI=1S/C29H45NO10/c1-10-11-22(31)38-18(3)17(2)23(24(30)25(32)33)19-12-13-20(39-26(34)36-15-28(4,5)6)21(14-19)40-27(35)37-16-29(7,8)9/h12-14,17-18,23-24H,10-11,15-16,30H2,1-9H3,(H,32,33)/t17?,18?,23?,24-/m0/s1. The minimum atomic E-state index is -1.40. The maximum absolute atomic E-state index is 12.5. The van der Waals surface area contributed by atoms with Crippen LogP contribution in [-0.4, -0.2) is 54.7 Å². The van der Waals surface area contributed by atoms with Crippen molar-refractivity contribution in [2.75, 3.05) is 13.2 Å². The van der Waals surface area contributed by atoms with E-state index in [0.29, 0.717) is 12.0 Å². The molecule has 1 rings (SSSR count).